The number of rotatable bonds is 22. The van der Waals surface area contributed by atoms with Gasteiger partial charge in [-0.25, -0.2) is 4.98 Å². The second-order valence-corrected chi connectivity index (χ2v) is 21.0. The molecular formula is C55H65N5O8S2. The number of phenolic OH excluding ortho intramolecular Hbond substituents is 2. The van der Waals surface area contributed by atoms with Crippen molar-refractivity contribution >= 4 is 56.3 Å². The number of carbonyl (C=O) groups excluding carboxylic acids is 4. The number of aromatic hydroxyl groups is 2. The summed E-state index contributed by atoms with van der Waals surface area (Å²) in [6.07, 6.45) is 4.16. The zero-order chi connectivity index (χ0) is 50.0. The molecule has 0 unspecified atom stereocenters. The van der Waals surface area contributed by atoms with Crippen molar-refractivity contribution in [2.75, 3.05) is 32.8 Å². The number of hydrogen-bond donors (Lipinski definition) is 5. The maximum absolute atomic E-state index is 14.1. The van der Waals surface area contributed by atoms with E-state index in [1.807, 2.05) is 69.6 Å². The number of aryl methyl sites for hydroxylation is 1. The summed E-state index contributed by atoms with van der Waals surface area (Å²) in [4.78, 5) is 64.7. The largest absolute Gasteiger partial charge is 0.508 e. The summed E-state index contributed by atoms with van der Waals surface area (Å²) in [5.41, 5.74) is 6.02. The van der Waals surface area contributed by atoms with Crippen LogP contribution in [0.3, 0.4) is 0 Å². The first-order valence-electron chi connectivity index (χ1n) is 24.2. The molecule has 70 heavy (non-hydrogen) atoms. The van der Waals surface area contributed by atoms with Crippen LogP contribution in [-0.4, -0.2) is 105 Å². The van der Waals surface area contributed by atoms with E-state index in [2.05, 4.69) is 27.4 Å². The minimum atomic E-state index is -0.863. The number of β-amino-alcohol motifs (C(OH)–C–C–N with tert-alkyl or cyclic N) is 1. The lowest BCUT2D eigenvalue weighted by atomic mass is 9.85. The van der Waals surface area contributed by atoms with Gasteiger partial charge in [0.25, 0.3) is 0 Å². The van der Waals surface area contributed by atoms with Crippen molar-refractivity contribution in [2.45, 2.75) is 104 Å². The number of aromatic nitrogens is 1. The highest BCUT2D eigenvalue weighted by Gasteiger charge is 2.44. The van der Waals surface area contributed by atoms with Crippen LogP contribution in [0.1, 0.15) is 99.8 Å². The molecule has 7 rings (SSSR count). The summed E-state index contributed by atoms with van der Waals surface area (Å²) < 4.78 is 6.89. The molecule has 6 aromatic rings. The molecule has 1 aliphatic heterocycles. The second-order valence-electron chi connectivity index (χ2n) is 19.1. The molecule has 3 heterocycles. The molecule has 5 N–H and O–H groups in total. The number of ether oxygens (including phenoxy) is 1. The van der Waals surface area contributed by atoms with Gasteiger partial charge in [0.05, 0.1) is 22.2 Å². The number of aliphatic hydroxyl groups is 1. The number of thiazole rings is 1. The number of likely N-dealkylation sites (N-methyl/N-ethyl adjacent to an activating group) is 1. The number of unbranched alkanes of at least 4 members (excludes halogenated alkanes) is 4. The monoisotopic (exact) mass is 987 g/mol. The summed E-state index contributed by atoms with van der Waals surface area (Å²) in [6, 6.07) is 25.2. The third kappa shape index (κ3) is 13.2. The molecule has 3 atom stereocenters. The van der Waals surface area contributed by atoms with Crippen LogP contribution in [0.25, 0.3) is 31.0 Å². The number of hydrogen-bond acceptors (Lipinski definition) is 12. The van der Waals surface area contributed by atoms with Gasteiger partial charge in [-0.2, -0.15) is 0 Å². The van der Waals surface area contributed by atoms with E-state index in [1.54, 1.807) is 65.9 Å². The average Bonchev–Trinajstić information content (AvgIpc) is 4.07. The van der Waals surface area contributed by atoms with E-state index in [4.69, 9.17) is 4.74 Å². The number of amides is 3. The fourth-order valence-corrected chi connectivity index (χ4v) is 10.9. The predicted molar refractivity (Wildman–Crippen MR) is 277 cm³/mol. The number of nitrogens with one attached hydrogen (secondary N) is 2. The molecule has 370 valence electrons. The zero-order valence-corrected chi connectivity index (χ0v) is 42.3. The Labute approximate surface area is 418 Å². The standard InChI is InChI=1S/C55H65N5O8S2/c1-6-59(28-29-68-43-24-19-37(20-25-43)49(65)48-44-26-23-41(62)31-46(44)70-51(48)39-17-21-40(61)22-18-39)27-11-9-7-8-10-12-47(64)58-52(55(3,4)5)54(67)60-33-42(63)30-45(60)53(66)56-32-36-13-15-38(16-14-36)50-35(2)57-34-69-50/h13-26,31,34,42,45,52,61-63H,6-12,27-30,32-33H2,1-5H3,(H,56,66)(H,58,64)/t42-,45+,52-/m1/s1. The molecule has 3 amide bonds. The Morgan fingerprint density at radius 2 is 1.53 bits per heavy atom. The van der Waals surface area contributed by atoms with Gasteiger partial charge in [-0.3, -0.25) is 19.2 Å². The normalized spacial score (nSPS) is 15.3. The van der Waals surface area contributed by atoms with Crippen LogP contribution in [0.2, 0.25) is 0 Å². The van der Waals surface area contributed by atoms with E-state index < -0.39 is 23.6 Å². The van der Waals surface area contributed by atoms with Crippen LogP contribution in [0, 0.1) is 12.3 Å². The van der Waals surface area contributed by atoms with Crippen molar-refractivity contribution in [1.82, 2.24) is 25.4 Å². The first-order chi connectivity index (χ1) is 33.6. The van der Waals surface area contributed by atoms with E-state index in [-0.39, 0.29) is 54.5 Å². The third-order valence-electron chi connectivity index (χ3n) is 12.9. The number of aliphatic hydroxyl groups excluding tert-OH is 1. The Morgan fingerprint density at radius 1 is 0.857 bits per heavy atom. The predicted octanol–water partition coefficient (Wildman–Crippen LogP) is 9.49. The molecule has 0 spiro atoms. The lowest BCUT2D eigenvalue weighted by Crippen LogP contribution is -2.57. The van der Waals surface area contributed by atoms with E-state index in [0.717, 1.165) is 87.5 Å². The highest BCUT2D eigenvalue weighted by molar-refractivity contribution is 7.22. The fourth-order valence-electron chi connectivity index (χ4n) is 8.86. The molecule has 1 saturated heterocycles. The molecule has 0 radical (unpaired) electrons. The average molecular weight is 988 g/mol. The van der Waals surface area contributed by atoms with Crippen LogP contribution in [-0.2, 0) is 20.9 Å². The van der Waals surface area contributed by atoms with Crippen molar-refractivity contribution in [3.63, 3.8) is 0 Å². The molecule has 0 bridgehead atoms. The maximum atomic E-state index is 14.1. The minimum absolute atomic E-state index is 0.0247. The maximum Gasteiger partial charge on any atom is 0.246 e. The van der Waals surface area contributed by atoms with E-state index >= 15 is 0 Å². The molecule has 0 aliphatic carbocycles. The van der Waals surface area contributed by atoms with E-state index in [1.165, 1.54) is 16.2 Å². The van der Waals surface area contributed by atoms with Gasteiger partial charge in [0.15, 0.2) is 5.78 Å². The number of fused-ring (bicyclic) bond motifs is 1. The van der Waals surface area contributed by atoms with Crippen LogP contribution < -0.4 is 15.4 Å². The smallest absolute Gasteiger partial charge is 0.246 e. The molecule has 0 saturated carbocycles. The number of likely N-dealkylation sites (tertiary alicyclic amines) is 1. The summed E-state index contributed by atoms with van der Waals surface area (Å²) in [7, 11) is 0. The number of thiophene rings is 1. The summed E-state index contributed by atoms with van der Waals surface area (Å²) >= 11 is 3.01. The minimum Gasteiger partial charge on any atom is -0.508 e. The summed E-state index contributed by atoms with van der Waals surface area (Å²) in [6.45, 7) is 13.1. The van der Waals surface area contributed by atoms with Crippen LogP contribution in [0.5, 0.6) is 17.2 Å². The highest BCUT2D eigenvalue weighted by Crippen LogP contribution is 2.42. The lowest BCUT2D eigenvalue weighted by molar-refractivity contribution is -0.144. The Bertz CT molecular complexity index is 2730. The number of carbonyl (C=O) groups is 4. The van der Waals surface area contributed by atoms with Gasteiger partial charge < -0.3 is 40.5 Å². The highest BCUT2D eigenvalue weighted by atomic mass is 32.1. The molecule has 15 heteroatoms. The molecular weight excluding hydrogens is 923 g/mol. The van der Waals surface area contributed by atoms with Crippen molar-refractivity contribution in [2.24, 2.45) is 5.41 Å². The van der Waals surface area contributed by atoms with Gasteiger partial charge in [0.1, 0.15) is 35.9 Å². The molecule has 4 aromatic carbocycles. The van der Waals surface area contributed by atoms with Crippen molar-refractivity contribution in [3.05, 3.63) is 119 Å². The van der Waals surface area contributed by atoms with Crippen LogP contribution >= 0.6 is 22.7 Å². The van der Waals surface area contributed by atoms with Gasteiger partial charge in [0, 0.05) is 58.6 Å². The van der Waals surface area contributed by atoms with Gasteiger partial charge in [-0.1, -0.05) is 71.2 Å². The van der Waals surface area contributed by atoms with E-state index in [9.17, 15) is 34.5 Å². The Kier molecular flexibility index (Phi) is 17.5. The van der Waals surface area contributed by atoms with Gasteiger partial charge in [-0.15, -0.1) is 22.7 Å². The van der Waals surface area contributed by atoms with Crippen molar-refractivity contribution in [1.29, 1.82) is 0 Å². The molecule has 1 fully saturated rings. The molecule has 1 aliphatic rings. The second kappa shape index (κ2) is 23.7. The Balaban J connectivity index is 0.805. The van der Waals surface area contributed by atoms with Crippen molar-refractivity contribution < 1.29 is 39.2 Å². The number of phenols is 2. The quantitative estimate of drug-likeness (QED) is 0.0325. The topological polar surface area (TPSA) is 182 Å². The van der Waals surface area contributed by atoms with Crippen molar-refractivity contribution in [3.8, 4) is 38.1 Å². The number of nitrogens with zero attached hydrogens (tertiary/aromatic N) is 3. The Hall–Kier alpha value is -6.13. The fraction of sp³-hybridized carbons (Fsp3) is 0.400. The lowest BCUT2D eigenvalue weighted by Gasteiger charge is -2.35. The van der Waals surface area contributed by atoms with Gasteiger partial charge >= 0.3 is 0 Å². The van der Waals surface area contributed by atoms with Crippen LogP contribution in [0.4, 0.5) is 0 Å². The van der Waals surface area contributed by atoms with Crippen LogP contribution in [0.15, 0.2) is 96.5 Å². The van der Waals surface area contributed by atoms with Gasteiger partial charge in [-0.05, 0) is 122 Å². The SMILES string of the molecule is CCN(CCCCCCCC(=O)N[C@H](C(=O)N1C[C@H](O)C[C@H]1C(=O)NCc1ccc(-c2scnc2C)cc1)C(C)(C)C)CCOc1ccc(C(=O)c2c(-c3ccc(O)cc3)sc3cc(O)ccc23)cc1. The molecule has 13 nitrogen and oxygen atoms in total. The number of benzene rings is 4. The summed E-state index contributed by atoms with van der Waals surface area (Å²) in [5.74, 6) is -0.107. The number of ketones is 1. The first-order valence-corrected chi connectivity index (χ1v) is 25.9. The summed E-state index contributed by atoms with van der Waals surface area (Å²) in [5, 5.41) is 37.3. The third-order valence-corrected chi connectivity index (χ3v) is 15.0. The Morgan fingerprint density at radius 3 is 2.21 bits per heavy atom. The zero-order valence-electron chi connectivity index (χ0n) is 40.7. The van der Waals surface area contributed by atoms with Gasteiger partial charge in [0.2, 0.25) is 17.7 Å². The first kappa shape index (κ1) is 51.7. The van der Waals surface area contributed by atoms with E-state index in [0.29, 0.717) is 36.3 Å². The molecule has 2 aromatic heterocycles.